The molecule has 0 atom stereocenters. The number of methoxy groups -OCH3 is 1. The average molecular weight is 354 g/mol. The van der Waals surface area contributed by atoms with Crippen molar-refractivity contribution in [2.75, 3.05) is 33.4 Å². The summed E-state index contributed by atoms with van der Waals surface area (Å²) >= 11 is 0. The van der Waals surface area contributed by atoms with Gasteiger partial charge in [-0.2, -0.15) is 0 Å². The highest BCUT2D eigenvalue weighted by molar-refractivity contribution is 5.51. The van der Waals surface area contributed by atoms with Gasteiger partial charge < -0.3 is 14.2 Å². The number of hydrogen-bond donors (Lipinski definition) is 0. The molecule has 1 saturated heterocycles. The lowest BCUT2D eigenvalue weighted by Crippen LogP contribution is -2.32. The number of aromatic nitrogens is 1. The molecule has 3 heterocycles. The third kappa shape index (κ3) is 3.78. The van der Waals surface area contributed by atoms with Crippen molar-refractivity contribution in [3.63, 3.8) is 0 Å². The van der Waals surface area contributed by atoms with Gasteiger partial charge in [0.05, 0.1) is 20.3 Å². The highest BCUT2D eigenvalue weighted by Gasteiger charge is 2.23. The Bertz CT molecular complexity index is 728. The van der Waals surface area contributed by atoms with Gasteiger partial charge in [-0.25, -0.2) is 0 Å². The van der Waals surface area contributed by atoms with E-state index in [0.29, 0.717) is 19.1 Å². The smallest absolute Gasteiger partial charge is 0.164 e. The summed E-state index contributed by atoms with van der Waals surface area (Å²) < 4.78 is 17.2. The van der Waals surface area contributed by atoms with Crippen LogP contribution in [0.3, 0.4) is 0 Å². The predicted molar refractivity (Wildman–Crippen MR) is 100 cm³/mol. The van der Waals surface area contributed by atoms with Crippen molar-refractivity contribution >= 4 is 0 Å². The van der Waals surface area contributed by atoms with E-state index >= 15 is 0 Å². The quantitative estimate of drug-likeness (QED) is 0.839. The van der Waals surface area contributed by atoms with Crippen LogP contribution in [-0.4, -0.2) is 43.3 Å². The van der Waals surface area contributed by atoms with Crippen LogP contribution in [0, 0.1) is 0 Å². The Morgan fingerprint density at radius 3 is 2.46 bits per heavy atom. The molecule has 26 heavy (non-hydrogen) atoms. The van der Waals surface area contributed by atoms with Gasteiger partial charge in [0.15, 0.2) is 11.5 Å². The summed E-state index contributed by atoms with van der Waals surface area (Å²) in [5, 5.41) is 0. The molecule has 1 fully saturated rings. The fraction of sp³-hybridized carbons (Fsp3) is 0.476. The maximum absolute atomic E-state index is 5.85. The zero-order valence-corrected chi connectivity index (χ0v) is 15.3. The average Bonchev–Trinajstić information content (AvgIpc) is 2.93. The molecule has 1 aromatic heterocycles. The van der Waals surface area contributed by atoms with Crippen LogP contribution >= 0.6 is 0 Å². The maximum Gasteiger partial charge on any atom is 0.164 e. The molecule has 0 aliphatic carbocycles. The number of nitrogens with zero attached hydrogens (tertiary/aromatic N) is 2. The first kappa shape index (κ1) is 17.2. The number of likely N-dealkylation sites (tertiary alicyclic amines) is 1. The minimum Gasteiger partial charge on any atom is -0.496 e. The molecule has 0 bridgehead atoms. The molecule has 1 aromatic carbocycles. The van der Waals surface area contributed by atoms with Gasteiger partial charge in [0.2, 0.25) is 0 Å². The lowest BCUT2D eigenvalue weighted by Gasteiger charge is -2.32. The third-order valence-electron chi connectivity index (χ3n) is 5.31. The number of fused-ring (bicyclic) bond motifs is 1. The first-order valence-corrected chi connectivity index (χ1v) is 9.42. The summed E-state index contributed by atoms with van der Waals surface area (Å²) in [7, 11) is 1.72. The topological polar surface area (TPSA) is 43.8 Å². The molecule has 2 aliphatic heterocycles. The zero-order chi connectivity index (χ0) is 17.8. The highest BCUT2D eigenvalue weighted by Crippen LogP contribution is 2.37. The molecule has 0 radical (unpaired) electrons. The summed E-state index contributed by atoms with van der Waals surface area (Å²) in [6, 6.07) is 8.36. The van der Waals surface area contributed by atoms with Crippen molar-refractivity contribution in [2.45, 2.75) is 31.7 Å². The minimum atomic E-state index is 0.639. The molecule has 5 heteroatoms. The summed E-state index contributed by atoms with van der Waals surface area (Å²) in [6.45, 7) is 4.45. The molecule has 4 rings (SSSR count). The molecule has 0 spiro atoms. The van der Waals surface area contributed by atoms with Crippen LogP contribution in [-0.2, 0) is 6.54 Å². The Morgan fingerprint density at radius 1 is 1.08 bits per heavy atom. The van der Waals surface area contributed by atoms with Gasteiger partial charge in [-0.15, -0.1) is 0 Å². The first-order chi connectivity index (χ1) is 12.8. The van der Waals surface area contributed by atoms with Crippen molar-refractivity contribution in [1.29, 1.82) is 0 Å². The van der Waals surface area contributed by atoms with Crippen molar-refractivity contribution in [3.05, 3.63) is 47.8 Å². The Balaban J connectivity index is 1.44. The number of benzene rings is 1. The summed E-state index contributed by atoms with van der Waals surface area (Å²) in [6.07, 6.45) is 7.05. The number of hydrogen-bond acceptors (Lipinski definition) is 5. The maximum atomic E-state index is 5.85. The third-order valence-corrected chi connectivity index (χ3v) is 5.31. The van der Waals surface area contributed by atoms with E-state index in [4.69, 9.17) is 14.2 Å². The second-order valence-corrected chi connectivity index (χ2v) is 6.99. The van der Waals surface area contributed by atoms with E-state index in [1.807, 2.05) is 18.5 Å². The van der Waals surface area contributed by atoms with Crippen molar-refractivity contribution in [2.24, 2.45) is 0 Å². The molecule has 0 N–H and O–H groups in total. The molecule has 138 valence electrons. The Morgan fingerprint density at radius 2 is 1.77 bits per heavy atom. The van der Waals surface area contributed by atoms with Crippen LogP contribution < -0.4 is 14.2 Å². The minimum absolute atomic E-state index is 0.639. The first-order valence-electron chi connectivity index (χ1n) is 9.42. The monoisotopic (exact) mass is 354 g/mol. The fourth-order valence-corrected chi connectivity index (χ4v) is 3.85. The summed E-state index contributed by atoms with van der Waals surface area (Å²) in [5.74, 6) is 3.15. The van der Waals surface area contributed by atoms with E-state index in [-0.39, 0.29) is 0 Å². The van der Waals surface area contributed by atoms with E-state index < -0.39 is 0 Å². The number of rotatable bonds is 4. The standard InChI is InChI=1S/C21H26N2O3/c1-24-19-14-21-20(25-11-2-12-26-21)13-18(19)15-23-9-5-17(6-10-23)16-3-7-22-8-4-16/h3-4,7-8,13-14,17H,2,5-6,9-12,15H2,1H3. The Hall–Kier alpha value is -2.27. The van der Waals surface area contributed by atoms with Crippen LogP contribution in [0.25, 0.3) is 0 Å². The van der Waals surface area contributed by atoms with Crippen LogP contribution in [0.15, 0.2) is 36.7 Å². The predicted octanol–water partition coefficient (Wildman–Crippen LogP) is 3.63. The molecular weight excluding hydrogens is 328 g/mol. The van der Waals surface area contributed by atoms with Crippen molar-refractivity contribution in [1.82, 2.24) is 9.88 Å². The van der Waals surface area contributed by atoms with E-state index in [1.165, 1.54) is 24.0 Å². The highest BCUT2D eigenvalue weighted by atomic mass is 16.5. The molecular formula is C21H26N2O3. The van der Waals surface area contributed by atoms with Gasteiger partial charge in [-0.3, -0.25) is 9.88 Å². The number of ether oxygens (including phenoxy) is 3. The zero-order valence-electron chi connectivity index (χ0n) is 15.3. The molecule has 5 nitrogen and oxygen atoms in total. The second-order valence-electron chi connectivity index (χ2n) is 6.99. The largest absolute Gasteiger partial charge is 0.496 e. The van der Waals surface area contributed by atoms with Gasteiger partial charge >= 0.3 is 0 Å². The van der Waals surface area contributed by atoms with E-state index in [0.717, 1.165) is 43.3 Å². The van der Waals surface area contributed by atoms with Gasteiger partial charge in [0.25, 0.3) is 0 Å². The van der Waals surface area contributed by atoms with Crippen LogP contribution in [0.4, 0.5) is 0 Å². The van der Waals surface area contributed by atoms with Crippen molar-refractivity contribution < 1.29 is 14.2 Å². The van der Waals surface area contributed by atoms with Crippen LogP contribution in [0.5, 0.6) is 17.2 Å². The molecule has 0 amide bonds. The fourth-order valence-electron chi connectivity index (χ4n) is 3.85. The van der Waals surface area contributed by atoms with E-state index in [2.05, 4.69) is 28.1 Å². The van der Waals surface area contributed by atoms with E-state index in [1.54, 1.807) is 7.11 Å². The Kier molecular flexibility index (Phi) is 5.25. The van der Waals surface area contributed by atoms with Gasteiger partial charge in [0.1, 0.15) is 5.75 Å². The van der Waals surface area contributed by atoms with E-state index in [9.17, 15) is 0 Å². The van der Waals surface area contributed by atoms with Crippen LogP contribution in [0.2, 0.25) is 0 Å². The number of piperidine rings is 1. The van der Waals surface area contributed by atoms with Gasteiger partial charge in [0, 0.05) is 37.0 Å². The SMILES string of the molecule is COc1cc2c(cc1CN1CCC(c3ccncc3)CC1)OCCCO2. The lowest BCUT2D eigenvalue weighted by atomic mass is 9.90. The lowest BCUT2D eigenvalue weighted by molar-refractivity contribution is 0.202. The molecule has 2 aliphatic rings. The molecule has 0 saturated carbocycles. The summed E-state index contributed by atoms with van der Waals surface area (Å²) in [4.78, 5) is 6.63. The molecule has 2 aromatic rings. The summed E-state index contributed by atoms with van der Waals surface area (Å²) in [5.41, 5.74) is 2.58. The normalized spacial score (nSPS) is 18.3. The number of pyridine rings is 1. The van der Waals surface area contributed by atoms with Crippen molar-refractivity contribution in [3.8, 4) is 17.2 Å². The molecule has 0 unspecified atom stereocenters. The van der Waals surface area contributed by atoms with Gasteiger partial charge in [-0.1, -0.05) is 0 Å². The van der Waals surface area contributed by atoms with Gasteiger partial charge in [-0.05, 0) is 55.6 Å². The van der Waals surface area contributed by atoms with Crippen LogP contribution in [0.1, 0.15) is 36.3 Å². The Labute approximate surface area is 154 Å². The second kappa shape index (κ2) is 7.96.